The number of thioether (sulfide) groups is 1. The van der Waals surface area contributed by atoms with Crippen molar-refractivity contribution in [2.24, 2.45) is 0 Å². The van der Waals surface area contributed by atoms with E-state index >= 15 is 0 Å². The Bertz CT molecular complexity index is 1170. The van der Waals surface area contributed by atoms with Crippen molar-refractivity contribution >= 4 is 45.7 Å². The van der Waals surface area contributed by atoms with Crippen LogP contribution in [0.1, 0.15) is 0 Å². The molecule has 0 spiro atoms. The number of nitrogens with one attached hydrogen (secondary N) is 1. The summed E-state index contributed by atoms with van der Waals surface area (Å²) in [6, 6.07) is 18.9. The van der Waals surface area contributed by atoms with Crippen LogP contribution in [-0.4, -0.2) is 29.0 Å². The molecule has 8 heteroatoms. The summed E-state index contributed by atoms with van der Waals surface area (Å²) < 4.78 is 11.0. The molecule has 1 heterocycles. The smallest absolute Gasteiger partial charge is 0.277 e. The van der Waals surface area contributed by atoms with E-state index in [9.17, 15) is 4.79 Å². The highest BCUT2D eigenvalue weighted by Crippen LogP contribution is 2.30. The van der Waals surface area contributed by atoms with Gasteiger partial charge < -0.3 is 14.5 Å². The van der Waals surface area contributed by atoms with Gasteiger partial charge in [-0.25, -0.2) is 0 Å². The van der Waals surface area contributed by atoms with E-state index in [1.54, 1.807) is 18.2 Å². The lowest BCUT2D eigenvalue weighted by Gasteiger charge is -2.09. The summed E-state index contributed by atoms with van der Waals surface area (Å²) in [5, 5.41) is 13.9. The molecule has 3 aromatic carbocycles. The zero-order valence-electron chi connectivity index (χ0n) is 15.4. The molecule has 0 bridgehead atoms. The molecule has 0 aliphatic heterocycles. The molecule has 0 saturated heterocycles. The zero-order valence-corrected chi connectivity index (χ0v) is 17.0. The predicted octanol–water partition coefficient (Wildman–Crippen LogP) is 5.28. The van der Waals surface area contributed by atoms with Crippen LogP contribution in [0.15, 0.2) is 70.3 Å². The Morgan fingerprint density at radius 3 is 2.83 bits per heavy atom. The van der Waals surface area contributed by atoms with Gasteiger partial charge in [-0.3, -0.25) is 4.79 Å². The molecule has 1 amide bonds. The average Bonchev–Trinajstić information content (AvgIpc) is 3.21. The molecule has 4 rings (SSSR count). The molecular weight excluding hydrogens is 410 g/mol. The minimum atomic E-state index is -0.236. The topological polar surface area (TPSA) is 77.2 Å². The number of amides is 1. The van der Waals surface area contributed by atoms with E-state index in [1.807, 2.05) is 42.5 Å². The second-order valence-corrected chi connectivity index (χ2v) is 7.44. The quantitative estimate of drug-likeness (QED) is 0.423. The average molecular weight is 426 g/mol. The zero-order chi connectivity index (χ0) is 20.2. The summed E-state index contributed by atoms with van der Waals surface area (Å²) in [5.74, 6) is 0.817. The summed E-state index contributed by atoms with van der Waals surface area (Å²) >= 11 is 7.15. The highest BCUT2D eigenvalue weighted by atomic mass is 35.5. The normalized spacial score (nSPS) is 10.8. The Hall–Kier alpha value is -3.03. The molecule has 0 unspecified atom stereocenters. The minimum Gasteiger partial charge on any atom is -0.495 e. The summed E-state index contributed by atoms with van der Waals surface area (Å²) in [5.41, 5.74) is 1.36. The van der Waals surface area contributed by atoms with Crippen molar-refractivity contribution in [3.63, 3.8) is 0 Å². The van der Waals surface area contributed by atoms with Crippen LogP contribution in [-0.2, 0) is 4.79 Å². The van der Waals surface area contributed by atoms with Crippen LogP contribution in [0.4, 0.5) is 5.69 Å². The number of carbonyl (C=O) groups excluding carboxylic acids is 1. The third kappa shape index (κ3) is 4.36. The largest absolute Gasteiger partial charge is 0.495 e. The van der Waals surface area contributed by atoms with Crippen LogP contribution >= 0.6 is 23.4 Å². The van der Waals surface area contributed by atoms with Gasteiger partial charge in [0.15, 0.2) is 0 Å². The number of ether oxygens (including phenoxy) is 1. The first-order valence-electron chi connectivity index (χ1n) is 8.72. The first kappa shape index (κ1) is 19.3. The molecule has 29 heavy (non-hydrogen) atoms. The van der Waals surface area contributed by atoms with Gasteiger partial charge in [0.2, 0.25) is 11.8 Å². The maximum atomic E-state index is 12.3. The Morgan fingerprint density at radius 2 is 1.97 bits per heavy atom. The lowest BCUT2D eigenvalue weighted by molar-refractivity contribution is -0.113. The molecule has 0 radical (unpaired) electrons. The number of hydrogen-bond donors (Lipinski definition) is 1. The van der Waals surface area contributed by atoms with E-state index in [4.69, 9.17) is 20.8 Å². The van der Waals surface area contributed by atoms with E-state index in [0.717, 1.165) is 28.1 Å². The van der Waals surface area contributed by atoms with Gasteiger partial charge in [0.25, 0.3) is 5.22 Å². The minimum absolute atomic E-state index is 0.104. The van der Waals surface area contributed by atoms with E-state index < -0.39 is 0 Å². The van der Waals surface area contributed by atoms with Crippen molar-refractivity contribution in [1.82, 2.24) is 10.2 Å². The van der Waals surface area contributed by atoms with Crippen LogP contribution in [0.5, 0.6) is 5.75 Å². The summed E-state index contributed by atoms with van der Waals surface area (Å²) in [7, 11) is 1.53. The van der Waals surface area contributed by atoms with Gasteiger partial charge in [-0.2, -0.15) is 0 Å². The van der Waals surface area contributed by atoms with E-state index in [1.165, 1.54) is 7.11 Å². The number of benzene rings is 3. The molecule has 0 fully saturated rings. The summed E-state index contributed by atoms with van der Waals surface area (Å²) in [6.07, 6.45) is 0. The van der Waals surface area contributed by atoms with Gasteiger partial charge in [-0.15, -0.1) is 10.2 Å². The number of hydrogen-bond acceptors (Lipinski definition) is 6. The van der Waals surface area contributed by atoms with E-state index in [-0.39, 0.29) is 11.7 Å². The van der Waals surface area contributed by atoms with Crippen LogP contribution < -0.4 is 10.1 Å². The van der Waals surface area contributed by atoms with Crippen molar-refractivity contribution in [1.29, 1.82) is 0 Å². The van der Waals surface area contributed by atoms with Gasteiger partial charge in [0.05, 0.1) is 18.6 Å². The second kappa shape index (κ2) is 8.55. The summed E-state index contributed by atoms with van der Waals surface area (Å²) in [6.45, 7) is 0. The maximum Gasteiger partial charge on any atom is 0.277 e. The monoisotopic (exact) mass is 425 g/mol. The molecule has 1 N–H and O–H groups in total. The highest BCUT2D eigenvalue weighted by molar-refractivity contribution is 7.99. The Labute approximate surface area is 176 Å². The number of rotatable bonds is 6. The van der Waals surface area contributed by atoms with Crippen LogP contribution in [0.3, 0.4) is 0 Å². The molecule has 1 aromatic heterocycles. The predicted molar refractivity (Wildman–Crippen MR) is 115 cm³/mol. The van der Waals surface area contributed by atoms with E-state index in [2.05, 4.69) is 15.5 Å². The molecule has 4 aromatic rings. The summed E-state index contributed by atoms with van der Waals surface area (Å²) in [4.78, 5) is 12.3. The molecule has 0 aliphatic rings. The van der Waals surface area contributed by atoms with E-state index in [0.29, 0.717) is 27.6 Å². The molecule has 0 saturated carbocycles. The number of fused-ring (bicyclic) bond motifs is 1. The third-order valence-electron chi connectivity index (χ3n) is 4.19. The first-order chi connectivity index (χ1) is 14.1. The Kier molecular flexibility index (Phi) is 5.69. The number of carbonyl (C=O) groups is 1. The second-order valence-electron chi connectivity index (χ2n) is 6.08. The fraction of sp³-hybridized carbons (Fsp3) is 0.0952. The van der Waals surface area contributed by atoms with Crippen LogP contribution in [0.2, 0.25) is 5.02 Å². The van der Waals surface area contributed by atoms with Gasteiger partial charge in [-0.05, 0) is 35.0 Å². The van der Waals surface area contributed by atoms with Gasteiger partial charge in [0.1, 0.15) is 5.75 Å². The maximum absolute atomic E-state index is 12.3. The van der Waals surface area contributed by atoms with Crippen molar-refractivity contribution in [2.75, 3.05) is 18.2 Å². The number of aromatic nitrogens is 2. The molecule has 0 aliphatic carbocycles. The Balaban J connectivity index is 1.45. The number of methoxy groups -OCH3 is 1. The molecule has 0 atom stereocenters. The van der Waals surface area contributed by atoms with Gasteiger partial charge in [0, 0.05) is 10.6 Å². The lowest BCUT2D eigenvalue weighted by Crippen LogP contribution is -2.14. The van der Waals surface area contributed by atoms with Crippen molar-refractivity contribution in [3.8, 4) is 17.2 Å². The SMILES string of the molecule is COc1ccc(Cl)cc1NC(=O)CSc1nnc(-c2cccc3ccccc23)o1. The van der Waals surface area contributed by atoms with Crippen molar-refractivity contribution < 1.29 is 13.9 Å². The number of anilines is 1. The van der Waals surface area contributed by atoms with Crippen LogP contribution in [0.25, 0.3) is 22.2 Å². The first-order valence-corrected chi connectivity index (χ1v) is 10.1. The fourth-order valence-electron chi connectivity index (χ4n) is 2.88. The van der Waals surface area contributed by atoms with Crippen molar-refractivity contribution in [2.45, 2.75) is 5.22 Å². The molecular formula is C21H16ClN3O3S. The highest BCUT2D eigenvalue weighted by Gasteiger charge is 2.14. The van der Waals surface area contributed by atoms with Crippen molar-refractivity contribution in [3.05, 3.63) is 65.7 Å². The van der Waals surface area contributed by atoms with Crippen LogP contribution in [0, 0.1) is 0 Å². The van der Waals surface area contributed by atoms with Gasteiger partial charge >= 0.3 is 0 Å². The Morgan fingerprint density at radius 1 is 1.14 bits per heavy atom. The molecule has 146 valence electrons. The third-order valence-corrected chi connectivity index (χ3v) is 5.24. The standard InChI is InChI=1S/C21H16ClN3O3S/c1-27-18-10-9-14(22)11-17(18)23-19(26)12-29-21-25-24-20(28-21)16-8-4-6-13-5-2-3-7-15(13)16/h2-11H,12H2,1H3,(H,23,26). The van der Waals surface area contributed by atoms with Gasteiger partial charge in [-0.1, -0.05) is 59.8 Å². The number of halogens is 1. The number of nitrogens with zero attached hydrogens (tertiary/aromatic N) is 2. The molecule has 6 nitrogen and oxygen atoms in total. The lowest BCUT2D eigenvalue weighted by atomic mass is 10.0. The fourth-order valence-corrected chi connectivity index (χ4v) is 3.62.